The molecule has 0 bridgehead atoms. The van der Waals surface area contributed by atoms with Crippen LogP contribution in [0.5, 0.6) is 11.5 Å². The molecule has 8 nitrogen and oxygen atoms in total. The lowest BCUT2D eigenvalue weighted by atomic mass is 10.2. The van der Waals surface area contributed by atoms with E-state index in [4.69, 9.17) is 19.9 Å². The number of nitrogens with one attached hydrogen (secondary N) is 1. The minimum atomic E-state index is -0.556. The monoisotopic (exact) mass is 351 g/mol. The molecule has 1 aliphatic heterocycles. The molecule has 1 aromatic rings. The largest absolute Gasteiger partial charge is 0.497 e. The van der Waals surface area contributed by atoms with Crippen molar-refractivity contribution in [1.29, 1.82) is 0 Å². The van der Waals surface area contributed by atoms with Crippen molar-refractivity contribution in [1.82, 2.24) is 5.32 Å². The summed E-state index contributed by atoms with van der Waals surface area (Å²) in [6.07, 6.45) is 0.309. The number of ether oxygens (including phenoxy) is 3. The molecule has 0 aromatic heterocycles. The van der Waals surface area contributed by atoms with Crippen LogP contribution >= 0.6 is 0 Å². The van der Waals surface area contributed by atoms with Crippen LogP contribution in [0, 0.1) is 0 Å². The van der Waals surface area contributed by atoms with Gasteiger partial charge in [0.15, 0.2) is 0 Å². The molecule has 3 N–H and O–H groups in total. The number of nitrogens with zero attached hydrogens (tertiary/aromatic N) is 1. The van der Waals surface area contributed by atoms with Gasteiger partial charge < -0.3 is 30.2 Å². The topological polar surface area (TPSA) is 103 Å². The maximum absolute atomic E-state index is 12.6. The van der Waals surface area contributed by atoms with Crippen LogP contribution in [0.4, 0.5) is 5.69 Å². The van der Waals surface area contributed by atoms with Crippen molar-refractivity contribution in [3.05, 3.63) is 18.2 Å². The molecule has 0 saturated carbocycles. The lowest BCUT2D eigenvalue weighted by Gasteiger charge is -2.19. The number of carbonyl (C=O) groups is 2. The van der Waals surface area contributed by atoms with E-state index in [1.54, 1.807) is 37.3 Å². The first kappa shape index (κ1) is 19.0. The predicted octanol–water partition coefficient (Wildman–Crippen LogP) is 0.289. The third-order valence-corrected chi connectivity index (χ3v) is 4.20. The van der Waals surface area contributed by atoms with Crippen molar-refractivity contribution in [3.8, 4) is 11.5 Å². The first-order valence-electron chi connectivity index (χ1n) is 8.09. The van der Waals surface area contributed by atoms with Crippen LogP contribution in [0.15, 0.2) is 18.2 Å². The Morgan fingerprint density at radius 1 is 1.28 bits per heavy atom. The van der Waals surface area contributed by atoms with Gasteiger partial charge in [-0.25, -0.2) is 0 Å². The second-order valence-corrected chi connectivity index (χ2v) is 5.77. The van der Waals surface area contributed by atoms with E-state index in [0.29, 0.717) is 30.2 Å². The SMILES string of the molecule is COc1cc(OC)cc(N2CCC(NC(=O)CC(CN)OC)C2=O)c1. The first-order valence-corrected chi connectivity index (χ1v) is 8.09. The van der Waals surface area contributed by atoms with Crippen molar-refractivity contribution < 1.29 is 23.8 Å². The van der Waals surface area contributed by atoms with Crippen molar-refractivity contribution >= 4 is 17.5 Å². The van der Waals surface area contributed by atoms with Gasteiger partial charge in [0.05, 0.1) is 32.4 Å². The van der Waals surface area contributed by atoms with E-state index in [1.807, 2.05) is 0 Å². The molecule has 138 valence electrons. The van der Waals surface area contributed by atoms with Gasteiger partial charge in [-0.3, -0.25) is 9.59 Å². The summed E-state index contributed by atoms with van der Waals surface area (Å²) in [7, 11) is 4.61. The molecule has 1 heterocycles. The number of amides is 2. The highest BCUT2D eigenvalue weighted by Crippen LogP contribution is 2.30. The van der Waals surface area contributed by atoms with Gasteiger partial charge in [0.1, 0.15) is 17.5 Å². The summed E-state index contributed by atoms with van der Waals surface area (Å²) in [6.45, 7) is 0.753. The lowest BCUT2D eigenvalue weighted by Crippen LogP contribution is -2.43. The maximum Gasteiger partial charge on any atom is 0.249 e. The van der Waals surface area contributed by atoms with Gasteiger partial charge in [0.2, 0.25) is 11.8 Å². The highest BCUT2D eigenvalue weighted by atomic mass is 16.5. The first-order chi connectivity index (χ1) is 12.0. The molecule has 2 unspecified atom stereocenters. The van der Waals surface area contributed by atoms with Crippen molar-refractivity contribution in [3.63, 3.8) is 0 Å². The van der Waals surface area contributed by atoms with Crippen LogP contribution in [0.2, 0.25) is 0 Å². The van der Waals surface area contributed by atoms with Crippen LogP contribution in [-0.2, 0) is 14.3 Å². The zero-order valence-corrected chi connectivity index (χ0v) is 14.8. The second-order valence-electron chi connectivity index (χ2n) is 5.77. The normalized spacial score (nSPS) is 18.2. The number of nitrogens with two attached hydrogens (primary N) is 1. The number of benzene rings is 1. The maximum atomic E-state index is 12.6. The van der Waals surface area contributed by atoms with Crippen molar-refractivity contribution in [2.75, 3.05) is 39.3 Å². The molecule has 2 atom stereocenters. The Hall–Kier alpha value is -2.32. The highest BCUT2D eigenvalue weighted by Gasteiger charge is 2.34. The fourth-order valence-corrected chi connectivity index (χ4v) is 2.74. The quantitative estimate of drug-likeness (QED) is 0.698. The van der Waals surface area contributed by atoms with Crippen molar-refractivity contribution in [2.45, 2.75) is 25.0 Å². The molecular weight excluding hydrogens is 326 g/mol. The average Bonchev–Trinajstić information content (AvgIpc) is 2.99. The second kappa shape index (κ2) is 8.68. The standard InChI is InChI=1S/C17H25N3O5/c1-23-12-6-11(7-13(8-12)24-2)20-5-4-15(17(20)22)19-16(21)9-14(10-18)25-3/h6-8,14-15H,4-5,9-10,18H2,1-3H3,(H,19,21). The fraction of sp³-hybridized carbons (Fsp3) is 0.529. The zero-order valence-electron chi connectivity index (χ0n) is 14.8. The van der Waals surface area contributed by atoms with Gasteiger partial charge in [-0.15, -0.1) is 0 Å². The predicted molar refractivity (Wildman–Crippen MR) is 92.9 cm³/mol. The molecule has 0 radical (unpaired) electrons. The van der Waals surface area contributed by atoms with E-state index in [1.165, 1.54) is 7.11 Å². The molecule has 0 spiro atoms. The third kappa shape index (κ3) is 4.61. The van der Waals surface area contributed by atoms with Crippen LogP contribution in [0.25, 0.3) is 0 Å². The Bertz CT molecular complexity index is 596. The molecule has 2 amide bonds. The lowest BCUT2D eigenvalue weighted by molar-refractivity contribution is -0.128. The van der Waals surface area contributed by atoms with E-state index in [9.17, 15) is 9.59 Å². The van der Waals surface area contributed by atoms with E-state index in [2.05, 4.69) is 5.32 Å². The molecule has 1 fully saturated rings. The van der Waals surface area contributed by atoms with Gasteiger partial charge in [-0.2, -0.15) is 0 Å². The molecule has 1 aliphatic rings. The van der Waals surface area contributed by atoms with Gasteiger partial charge in [-0.1, -0.05) is 0 Å². The molecule has 0 aliphatic carbocycles. The number of methoxy groups -OCH3 is 3. The molecule has 25 heavy (non-hydrogen) atoms. The van der Waals surface area contributed by atoms with Crippen molar-refractivity contribution in [2.24, 2.45) is 5.73 Å². The minimum absolute atomic E-state index is 0.129. The van der Waals surface area contributed by atoms with E-state index in [-0.39, 0.29) is 30.9 Å². The number of anilines is 1. The number of hydrogen-bond acceptors (Lipinski definition) is 6. The Kier molecular flexibility index (Phi) is 6.60. The number of rotatable bonds is 8. The zero-order chi connectivity index (χ0) is 18.4. The molecular formula is C17H25N3O5. The summed E-state index contributed by atoms with van der Waals surface area (Å²) >= 11 is 0. The molecule has 8 heteroatoms. The van der Waals surface area contributed by atoms with Gasteiger partial charge in [0.25, 0.3) is 0 Å². The summed E-state index contributed by atoms with van der Waals surface area (Å²) in [6, 6.07) is 4.71. The van der Waals surface area contributed by atoms with Crippen LogP contribution in [0.1, 0.15) is 12.8 Å². The highest BCUT2D eigenvalue weighted by molar-refractivity contribution is 6.01. The third-order valence-electron chi connectivity index (χ3n) is 4.20. The van der Waals surface area contributed by atoms with Gasteiger partial charge >= 0.3 is 0 Å². The Morgan fingerprint density at radius 2 is 1.92 bits per heavy atom. The Balaban J connectivity index is 2.05. The molecule has 1 saturated heterocycles. The molecule has 2 rings (SSSR count). The van der Waals surface area contributed by atoms with Crippen LogP contribution in [0.3, 0.4) is 0 Å². The van der Waals surface area contributed by atoms with Gasteiger partial charge in [-0.05, 0) is 6.42 Å². The van der Waals surface area contributed by atoms with Crippen LogP contribution in [-0.4, -0.2) is 58.4 Å². The Labute approximate surface area is 147 Å². The number of hydrogen-bond donors (Lipinski definition) is 2. The summed E-state index contributed by atoms with van der Waals surface area (Å²) < 4.78 is 15.6. The Morgan fingerprint density at radius 3 is 2.44 bits per heavy atom. The minimum Gasteiger partial charge on any atom is -0.497 e. The van der Waals surface area contributed by atoms with Crippen LogP contribution < -0.4 is 25.4 Å². The summed E-state index contributed by atoms with van der Waals surface area (Å²) in [5.74, 6) is 0.784. The average molecular weight is 351 g/mol. The molecule has 1 aromatic carbocycles. The van der Waals surface area contributed by atoms with Gasteiger partial charge in [0, 0.05) is 38.4 Å². The summed E-state index contributed by atoms with van der Waals surface area (Å²) in [5, 5.41) is 2.76. The fourth-order valence-electron chi connectivity index (χ4n) is 2.74. The summed E-state index contributed by atoms with van der Waals surface area (Å²) in [4.78, 5) is 26.3. The smallest absolute Gasteiger partial charge is 0.249 e. The van der Waals surface area contributed by atoms with E-state index >= 15 is 0 Å². The summed E-state index contributed by atoms with van der Waals surface area (Å²) in [5.41, 5.74) is 6.19. The number of carbonyl (C=O) groups excluding carboxylic acids is 2. The van der Waals surface area contributed by atoms with E-state index in [0.717, 1.165) is 0 Å². The van der Waals surface area contributed by atoms with E-state index < -0.39 is 6.04 Å².